The fraction of sp³-hybridized carbons (Fsp3) is 0.500. The Bertz CT molecular complexity index is 826. The molecule has 0 aliphatic carbocycles. The molecule has 1 heterocycles. The molecular weight excluding hydrogens is 332 g/mol. The normalized spacial score (nSPS) is 12.4. The van der Waals surface area contributed by atoms with Gasteiger partial charge in [-0.2, -0.15) is 0 Å². The maximum atomic E-state index is 12.3. The maximum Gasteiger partial charge on any atom is 0.336 e. The zero-order valence-corrected chi connectivity index (χ0v) is 16.2. The van der Waals surface area contributed by atoms with Crippen LogP contribution in [0.1, 0.15) is 31.4 Å². The Morgan fingerprint density at radius 1 is 1.31 bits per heavy atom. The average molecular weight is 360 g/mol. The number of ether oxygens (including phenoxy) is 1. The number of carbonyl (C=O) groups excluding carboxylic acids is 1. The average Bonchev–Trinajstić information content (AvgIpc) is 2.56. The van der Waals surface area contributed by atoms with Crippen molar-refractivity contribution in [3.05, 3.63) is 39.7 Å². The molecule has 0 fully saturated rings. The molecule has 1 unspecified atom stereocenters. The van der Waals surface area contributed by atoms with Gasteiger partial charge in [0.1, 0.15) is 11.3 Å². The van der Waals surface area contributed by atoms with Crippen LogP contribution in [-0.4, -0.2) is 44.1 Å². The van der Waals surface area contributed by atoms with Crippen LogP contribution in [0, 0.1) is 6.92 Å². The number of carbonyl (C=O) groups is 1. The topological polar surface area (TPSA) is 71.8 Å². The lowest BCUT2D eigenvalue weighted by Gasteiger charge is -2.18. The van der Waals surface area contributed by atoms with Crippen LogP contribution >= 0.6 is 0 Å². The molecule has 0 aliphatic heterocycles. The molecule has 1 N–H and O–H groups in total. The van der Waals surface area contributed by atoms with E-state index in [-0.39, 0.29) is 11.5 Å². The molecule has 6 nitrogen and oxygen atoms in total. The van der Waals surface area contributed by atoms with Gasteiger partial charge in [0, 0.05) is 12.6 Å². The third-order valence-corrected chi connectivity index (χ3v) is 4.17. The number of rotatable bonds is 8. The second kappa shape index (κ2) is 8.85. The highest BCUT2D eigenvalue weighted by Gasteiger charge is 2.18. The number of amides is 1. The van der Waals surface area contributed by atoms with Crippen LogP contribution in [0.4, 0.5) is 0 Å². The Hall–Kier alpha value is -2.34. The van der Waals surface area contributed by atoms with E-state index < -0.39 is 6.10 Å². The summed E-state index contributed by atoms with van der Waals surface area (Å²) in [5.41, 5.74) is 1.87. The Balaban J connectivity index is 2.19. The van der Waals surface area contributed by atoms with Gasteiger partial charge in [-0.25, -0.2) is 4.79 Å². The summed E-state index contributed by atoms with van der Waals surface area (Å²) in [5, 5.41) is 3.65. The second-order valence-corrected chi connectivity index (χ2v) is 6.79. The van der Waals surface area contributed by atoms with E-state index in [0.29, 0.717) is 24.3 Å². The molecule has 1 amide bonds. The second-order valence-electron chi connectivity index (χ2n) is 6.79. The molecule has 2 aromatic rings. The van der Waals surface area contributed by atoms with E-state index in [2.05, 4.69) is 10.2 Å². The molecule has 0 spiro atoms. The standard InChI is InChI=1S/C20H28N2O4/c1-6-15-12-18(23)26-17-11-13(2)10-16(19(15)17)25-14(3)20(24)21-8-7-9-22(4)5/h10-12,14H,6-9H2,1-5H3,(H,21,24). The Labute approximate surface area is 154 Å². The van der Waals surface area contributed by atoms with Crippen molar-refractivity contribution in [3.63, 3.8) is 0 Å². The number of nitrogens with zero attached hydrogens (tertiary/aromatic N) is 1. The number of nitrogens with one attached hydrogen (secondary N) is 1. The Kier molecular flexibility index (Phi) is 6.80. The molecule has 1 aromatic heterocycles. The fourth-order valence-electron chi connectivity index (χ4n) is 2.84. The number of hydrogen-bond acceptors (Lipinski definition) is 5. The summed E-state index contributed by atoms with van der Waals surface area (Å²) in [6, 6.07) is 5.17. The van der Waals surface area contributed by atoms with E-state index in [1.807, 2.05) is 40.1 Å². The van der Waals surface area contributed by atoms with Gasteiger partial charge in [-0.3, -0.25) is 4.79 Å². The first-order valence-corrected chi connectivity index (χ1v) is 8.98. The summed E-state index contributed by atoms with van der Waals surface area (Å²) >= 11 is 0. The molecule has 6 heteroatoms. The van der Waals surface area contributed by atoms with E-state index in [9.17, 15) is 9.59 Å². The van der Waals surface area contributed by atoms with Gasteiger partial charge in [-0.05, 0) is 70.6 Å². The Morgan fingerprint density at radius 3 is 2.69 bits per heavy atom. The maximum absolute atomic E-state index is 12.3. The van der Waals surface area contributed by atoms with E-state index in [1.54, 1.807) is 6.92 Å². The van der Waals surface area contributed by atoms with E-state index >= 15 is 0 Å². The van der Waals surface area contributed by atoms with Crippen molar-refractivity contribution in [1.29, 1.82) is 0 Å². The molecule has 1 aromatic carbocycles. The number of hydrogen-bond donors (Lipinski definition) is 1. The molecule has 142 valence electrons. The predicted molar refractivity (Wildman–Crippen MR) is 103 cm³/mol. The van der Waals surface area contributed by atoms with Gasteiger partial charge in [0.15, 0.2) is 6.10 Å². The molecule has 26 heavy (non-hydrogen) atoms. The summed E-state index contributed by atoms with van der Waals surface area (Å²) in [4.78, 5) is 26.1. The molecule has 0 bridgehead atoms. The fourth-order valence-corrected chi connectivity index (χ4v) is 2.84. The largest absolute Gasteiger partial charge is 0.480 e. The summed E-state index contributed by atoms with van der Waals surface area (Å²) in [5.74, 6) is 0.408. The highest BCUT2D eigenvalue weighted by atomic mass is 16.5. The van der Waals surface area contributed by atoms with E-state index in [1.165, 1.54) is 6.07 Å². The summed E-state index contributed by atoms with van der Waals surface area (Å²) in [6.07, 6.45) is 0.910. The van der Waals surface area contributed by atoms with Crippen molar-refractivity contribution in [2.24, 2.45) is 0 Å². The molecule has 0 saturated heterocycles. The quantitative estimate of drug-likeness (QED) is 0.578. The van der Waals surface area contributed by atoms with Crippen molar-refractivity contribution < 1.29 is 13.9 Å². The predicted octanol–water partition coefficient (Wildman–Crippen LogP) is 2.50. The molecule has 0 saturated carbocycles. The Morgan fingerprint density at radius 2 is 2.04 bits per heavy atom. The van der Waals surface area contributed by atoms with Crippen molar-refractivity contribution in [1.82, 2.24) is 10.2 Å². The molecule has 0 radical (unpaired) electrons. The smallest absolute Gasteiger partial charge is 0.336 e. The molecule has 2 rings (SSSR count). The van der Waals surface area contributed by atoms with Crippen molar-refractivity contribution in [2.75, 3.05) is 27.2 Å². The third-order valence-electron chi connectivity index (χ3n) is 4.17. The zero-order valence-electron chi connectivity index (χ0n) is 16.2. The number of fused-ring (bicyclic) bond motifs is 1. The monoisotopic (exact) mass is 360 g/mol. The van der Waals surface area contributed by atoms with E-state index in [0.717, 1.165) is 29.5 Å². The van der Waals surface area contributed by atoms with Crippen LogP contribution in [0.15, 0.2) is 27.4 Å². The highest BCUT2D eigenvalue weighted by molar-refractivity contribution is 5.88. The highest BCUT2D eigenvalue weighted by Crippen LogP contribution is 2.30. The third kappa shape index (κ3) is 5.08. The minimum atomic E-state index is -0.643. The van der Waals surface area contributed by atoms with Crippen molar-refractivity contribution in [2.45, 2.75) is 39.7 Å². The minimum Gasteiger partial charge on any atom is -0.480 e. The SMILES string of the molecule is CCc1cc(=O)oc2cc(C)cc(OC(C)C(=O)NCCCN(C)C)c12. The van der Waals surface area contributed by atoms with Gasteiger partial charge in [-0.15, -0.1) is 0 Å². The zero-order chi connectivity index (χ0) is 19.3. The van der Waals surface area contributed by atoms with Crippen LogP contribution in [0.2, 0.25) is 0 Å². The lowest BCUT2D eigenvalue weighted by Crippen LogP contribution is -2.37. The van der Waals surface area contributed by atoms with Gasteiger partial charge in [0.05, 0.1) is 5.39 Å². The molecule has 1 atom stereocenters. The minimum absolute atomic E-state index is 0.158. The first-order chi connectivity index (χ1) is 12.3. The van der Waals surface area contributed by atoms with Gasteiger partial charge >= 0.3 is 5.63 Å². The summed E-state index contributed by atoms with van der Waals surface area (Å²) < 4.78 is 11.3. The first kappa shape index (κ1) is 20.0. The first-order valence-electron chi connectivity index (χ1n) is 8.98. The summed E-state index contributed by atoms with van der Waals surface area (Å²) in [6.45, 7) is 7.11. The van der Waals surface area contributed by atoms with Crippen molar-refractivity contribution >= 4 is 16.9 Å². The summed E-state index contributed by atoms with van der Waals surface area (Å²) in [7, 11) is 4.00. The molecule has 0 aliphatic rings. The van der Waals surface area contributed by atoms with E-state index in [4.69, 9.17) is 9.15 Å². The van der Waals surface area contributed by atoms with Gasteiger partial charge in [0.25, 0.3) is 5.91 Å². The van der Waals surface area contributed by atoms with Crippen LogP contribution in [0.3, 0.4) is 0 Å². The van der Waals surface area contributed by atoms with Crippen LogP contribution < -0.4 is 15.7 Å². The number of aryl methyl sites for hydroxylation is 2. The lowest BCUT2D eigenvalue weighted by molar-refractivity contribution is -0.127. The molecular formula is C20H28N2O4. The van der Waals surface area contributed by atoms with Gasteiger partial charge in [-0.1, -0.05) is 6.92 Å². The van der Waals surface area contributed by atoms with Crippen LogP contribution in [-0.2, 0) is 11.2 Å². The number of benzene rings is 1. The van der Waals surface area contributed by atoms with Crippen LogP contribution in [0.5, 0.6) is 5.75 Å². The van der Waals surface area contributed by atoms with Crippen LogP contribution in [0.25, 0.3) is 11.0 Å². The van der Waals surface area contributed by atoms with Gasteiger partial charge < -0.3 is 19.4 Å². The van der Waals surface area contributed by atoms with Gasteiger partial charge in [0.2, 0.25) is 0 Å². The lowest BCUT2D eigenvalue weighted by atomic mass is 10.0. The van der Waals surface area contributed by atoms with Crippen molar-refractivity contribution in [3.8, 4) is 5.75 Å².